The maximum absolute atomic E-state index is 8.89. The summed E-state index contributed by atoms with van der Waals surface area (Å²) in [6.07, 6.45) is 4.19. The Morgan fingerprint density at radius 2 is 1.32 bits per heavy atom. The van der Waals surface area contributed by atoms with E-state index in [0.29, 0.717) is 24.3 Å². The van der Waals surface area contributed by atoms with Crippen LogP contribution < -0.4 is 14.5 Å². The van der Waals surface area contributed by atoms with E-state index in [9.17, 15) is 0 Å². The van der Waals surface area contributed by atoms with Gasteiger partial charge in [0.2, 0.25) is 0 Å². The van der Waals surface area contributed by atoms with E-state index >= 15 is 0 Å². The molecule has 72 heavy (non-hydrogen) atoms. The van der Waals surface area contributed by atoms with Crippen molar-refractivity contribution in [2.75, 3.05) is 16.3 Å². The number of benzene rings is 7. The minimum Gasteiger partial charge on any atom is -0.517 e. The number of para-hydroxylation sites is 3. The summed E-state index contributed by atoms with van der Waals surface area (Å²) in [4.78, 5) is 9.36. The number of unbranched alkanes of at least 4 members (excludes halogenated alkanes) is 1. The molecule has 7 aromatic carbocycles. The molecule has 0 bridgehead atoms. The number of rotatable bonds is 12. The van der Waals surface area contributed by atoms with E-state index in [0.717, 1.165) is 103 Å². The minimum absolute atomic E-state index is 0. The Balaban J connectivity index is 0.00000689. The summed E-state index contributed by atoms with van der Waals surface area (Å²) in [6.45, 7) is 20.9. The van der Waals surface area contributed by atoms with Gasteiger partial charge in [-0.05, 0) is 141 Å². The fourth-order valence-corrected chi connectivity index (χ4v) is 9.86. The van der Waals surface area contributed by atoms with Crippen LogP contribution in [0.1, 0.15) is 113 Å². The molecule has 0 saturated carbocycles. The summed E-state index contributed by atoms with van der Waals surface area (Å²) in [5.74, 6) is 1.50. The largest absolute Gasteiger partial charge is 0.517 e. The number of aryl methyl sites for hydroxylation is 1. The molecule has 0 atom stereocenters. The summed E-state index contributed by atoms with van der Waals surface area (Å²) in [6, 6.07) is 60.4. The average molecular weight is 1130 g/mol. The van der Waals surface area contributed by atoms with Crippen molar-refractivity contribution in [2.24, 2.45) is 0 Å². The van der Waals surface area contributed by atoms with Crippen LogP contribution >= 0.6 is 0 Å². The van der Waals surface area contributed by atoms with Gasteiger partial charge < -0.3 is 19.1 Å². The van der Waals surface area contributed by atoms with E-state index in [-0.39, 0.29) is 37.3 Å². The molecule has 1 aliphatic rings. The number of anilines is 3. The van der Waals surface area contributed by atoms with E-state index in [2.05, 4.69) is 229 Å². The van der Waals surface area contributed by atoms with Gasteiger partial charge >= 0.3 is 0 Å². The second-order valence-electron chi connectivity index (χ2n) is 22.3. The van der Waals surface area contributed by atoms with E-state index in [1.54, 1.807) is 0 Å². The Kier molecular flexibility index (Phi) is 13.1. The van der Waals surface area contributed by atoms with Crippen LogP contribution in [0.4, 0.5) is 17.1 Å². The fraction of sp³-hybridized carbons (Fsp3) is 0.273. The average Bonchev–Trinajstić information content (AvgIpc) is 3.93. The van der Waals surface area contributed by atoms with Crippen LogP contribution in [0.15, 0.2) is 158 Å². The minimum atomic E-state index is -2.28. The van der Waals surface area contributed by atoms with Gasteiger partial charge in [-0.3, -0.25) is 0 Å². The molecule has 9 aromatic rings. The standard InChI is InChI=1S/C66H67N4O.Pt/c1-45-35-51(65(5,6)7)40-58(49-37-48(47-22-12-11-13-23-47)38-52(39-49)66(8,9)10)55(45)25-18-19-34-68-44-69(61-29-17-16-28-60(61)68)53-24-20-21-46(36-53)43-71-54-30-31-57-56-26-14-15-27-59(56)70(62(57)42-54)63-41-50(32-33-67-63)64(2,3)4;/h11-17,20-24,26-33,35,37-41,44H,18-19,25,34,43H2,1-10H3;/q-3;/i1D3;. The first-order valence-corrected chi connectivity index (χ1v) is 25.2. The van der Waals surface area contributed by atoms with Crippen LogP contribution in [-0.2, 0) is 50.3 Å². The van der Waals surface area contributed by atoms with Crippen molar-refractivity contribution in [3.05, 3.63) is 210 Å². The van der Waals surface area contributed by atoms with Crippen molar-refractivity contribution in [2.45, 2.75) is 111 Å². The summed E-state index contributed by atoms with van der Waals surface area (Å²) < 4.78 is 35.4. The third kappa shape index (κ3) is 10.4. The van der Waals surface area contributed by atoms with E-state index in [4.69, 9.17) is 13.8 Å². The molecule has 6 heteroatoms. The molecule has 5 nitrogen and oxygen atoms in total. The van der Waals surface area contributed by atoms with Crippen LogP contribution in [-0.4, -0.2) is 16.1 Å². The number of hydrogen-bond donors (Lipinski definition) is 0. The van der Waals surface area contributed by atoms with Gasteiger partial charge in [-0.1, -0.05) is 153 Å². The topological polar surface area (TPSA) is 33.5 Å². The molecular formula is C66H67N4OPt-3. The molecule has 2 aromatic heterocycles. The zero-order valence-corrected chi connectivity index (χ0v) is 45.4. The number of aromatic nitrogens is 2. The molecule has 0 unspecified atom stereocenters. The van der Waals surface area contributed by atoms with Gasteiger partial charge in [0.05, 0.1) is 6.61 Å². The van der Waals surface area contributed by atoms with Crippen LogP contribution in [0.2, 0.25) is 0 Å². The normalized spacial score (nSPS) is 13.7. The predicted octanol–water partition coefficient (Wildman–Crippen LogP) is 17.0. The summed E-state index contributed by atoms with van der Waals surface area (Å²) in [7, 11) is 0. The molecule has 370 valence electrons. The quantitative estimate of drug-likeness (QED) is 0.0902. The number of ether oxygens (including phenoxy) is 1. The molecule has 0 saturated heterocycles. The summed E-state index contributed by atoms with van der Waals surface area (Å²) in [5, 5.41) is 2.24. The monoisotopic (exact) mass is 1130 g/mol. The van der Waals surface area contributed by atoms with Crippen molar-refractivity contribution >= 4 is 38.9 Å². The summed E-state index contributed by atoms with van der Waals surface area (Å²) in [5.41, 5.74) is 14.8. The molecule has 1 aliphatic heterocycles. The molecule has 0 N–H and O–H groups in total. The van der Waals surface area contributed by atoms with Crippen molar-refractivity contribution < 1.29 is 29.9 Å². The molecule has 0 spiro atoms. The van der Waals surface area contributed by atoms with Gasteiger partial charge in [0.1, 0.15) is 5.82 Å². The van der Waals surface area contributed by atoms with Crippen LogP contribution in [0, 0.1) is 25.7 Å². The van der Waals surface area contributed by atoms with Crippen molar-refractivity contribution in [3.63, 3.8) is 0 Å². The Morgan fingerprint density at radius 3 is 2.08 bits per heavy atom. The zero-order chi connectivity index (χ0) is 52.2. The van der Waals surface area contributed by atoms with Gasteiger partial charge in [0.25, 0.3) is 0 Å². The van der Waals surface area contributed by atoms with Crippen molar-refractivity contribution in [1.82, 2.24) is 9.55 Å². The van der Waals surface area contributed by atoms with E-state index in [1.807, 2.05) is 24.4 Å². The van der Waals surface area contributed by atoms with Gasteiger partial charge in [-0.15, -0.1) is 28.8 Å². The molecule has 0 aliphatic carbocycles. The molecule has 10 rings (SSSR count). The number of hydrogen-bond acceptors (Lipinski definition) is 4. The third-order valence-electron chi connectivity index (χ3n) is 14.0. The second kappa shape index (κ2) is 20.2. The van der Waals surface area contributed by atoms with E-state index in [1.165, 1.54) is 11.1 Å². The first kappa shape index (κ1) is 46.6. The van der Waals surface area contributed by atoms with Crippen molar-refractivity contribution in [1.29, 1.82) is 0 Å². The number of fused-ring (bicyclic) bond motifs is 4. The molecule has 0 amide bonds. The van der Waals surface area contributed by atoms with Crippen LogP contribution in [0.3, 0.4) is 0 Å². The smallest absolute Gasteiger partial charge is 0.135 e. The Morgan fingerprint density at radius 1 is 0.611 bits per heavy atom. The zero-order valence-electron chi connectivity index (χ0n) is 46.1. The van der Waals surface area contributed by atoms with E-state index < -0.39 is 6.85 Å². The maximum atomic E-state index is 8.89. The number of pyridine rings is 1. The van der Waals surface area contributed by atoms with Gasteiger partial charge in [-0.25, -0.2) is 4.98 Å². The Labute approximate surface area is 447 Å². The molecule has 3 heterocycles. The van der Waals surface area contributed by atoms with Crippen LogP contribution in [0.25, 0.3) is 49.9 Å². The Hall–Kier alpha value is -6.42. The Bertz CT molecular complexity index is 3510. The van der Waals surface area contributed by atoms with Gasteiger partial charge in [0, 0.05) is 54.0 Å². The van der Waals surface area contributed by atoms with Crippen molar-refractivity contribution in [3.8, 4) is 33.8 Å². The third-order valence-corrected chi connectivity index (χ3v) is 14.0. The van der Waals surface area contributed by atoms with Gasteiger partial charge in [0.15, 0.2) is 0 Å². The summed E-state index contributed by atoms with van der Waals surface area (Å²) >= 11 is 0. The maximum Gasteiger partial charge on any atom is 0.135 e. The second-order valence-corrected chi connectivity index (χ2v) is 22.3. The molecule has 0 radical (unpaired) electrons. The number of nitrogens with zero attached hydrogens (tertiary/aromatic N) is 4. The molecular weight excluding hydrogens is 1060 g/mol. The van der Waals surface area contributed by atoms with Crippen LogP contribution in [0.5, 0.6) is 5.75 Å². The predicted molar refractivity (Wildman–Crippen MR) is 298 cm³/mol. The fourth-order valence-electron chi connectivity index (χ4n) is 9.86. The molecule has 0 fully saturated rings. The SMILES string of the molecule is [2H]C([2H])([2H])c1cc(C(C)(C)C)cc(-c2cc(-c3ccccc3)cc(C(C)(C)C)c2)c1CCCCN1[CH-]N(c2[c-]c(COc3[c-]c4c(cc3)c3ccccc3n4-c3cc(C(C)(C)C)ccn3)ccc2)c2ccccc21.[Pt]. The first-order chi connectivity index (χ1) is 35.2. The first-order valence-electron chi connectivity index (χ1n) is 26.7. The van der Waals surface area contributed by atoms with Gasteiger partial charge in [-0.2, -0.15) is 37.0 Å².